The molecule has 0 aliphatic rings. The molecule has 3 N–H and O–H groups in total. The van der Waals surface area contributed by atoms with Gasteiger partial charge in [-0.3, -0.25) is 9.59 Å². The van der Waals surface area contributed by atoms with Crippen LogP contribution in [0.4, 0.5) is 0 Å². The van der Waals surface area contributed by atoms with Crippen molar-refractivity contribution in [2.24, 2.45) is 11.1 Å². The van der Waals surface area contributed by atoms with Crippen LogP contribution in [0.2, 0.25) is 0 Å². The van der Waals surface area contributed by atoms with Gasteiger partial charge >= 0.3 is 11.9 Å². The summed E-state index contributed by atoms with van der Waals surface area (Å²) < 4.78 is 4.97. The SMILES string of the molecule is CC(C)(C)C(=O)OCC/C=C\C(N)C(=O)O. The smallest absolute Gasteiger partial charge is 0.324 e. The highest BCUT2D eigenvalue weighted by molar-refractivity contribution is 5.75. The first-order valence-electron chi connectivity index (χ1n) is 5.07. The standard InChI is InChI=1S/C11H19NO4/c1-11(2,3)10(15)16-7-5-4-6-8(12)9(13)14/h4,6,8H,5,7,12H2,1-3H3,(H,13,14)/b6-4-. The van der Waals surface area contributed by atoms with Gasteiger partial charge in [0.15, 0.2) is 0 Å². The van der Waals surface area contributed by atoms with Gasteiger partial charge in [-0.15, -0.1) is 0 Å². The van der Waals surface area contributed by atoms with E-state index in [9.17, 15) is 9.59 Å². The first-order chi connectivity index (χ1) is 7.25. The topological polar surface area (TPSA) is 89.6 Å². The number of nitrogens with two attached hydrogens (primary N) is 1. The molecular weight excluding hydrogens is 210 g/mol. The van der Waals surface area contributed by atoms with Crippen molar-refractivity contribution in [3.63, 3.8) is 0 Å². The van der Waals surface area contributed by atoms with Crippen molar-refractivity contribution in [1.82, 2.24) is 0 Å². The van der Waals surface area contributed by atoms with Crippen LogP contribution in [0.15, 0.2) is 12.2 Å². The average Bonchev–Trinajstić information content (AvgIpc) is 2.14. The summed E-state index contributed by atoms with van der Waals surface area (Å²) in [6.45, 7) is 5.54. The van der Waals surface area contributed by atoms with Crippen LogP contribution in [-0.2, 0) is 14.3 Å². The zero-order chi connectivity index (χ0) is 12.8. The van der Waals surface area contributed by atoms with Gasteiger partial charge < -0.3 is 15.6 Å². The van der Waals surface area contributed by atoms with Crippen LogP contribution in [0.1, 0.15) is 27.2 Å². The first-order valence-corrected chi connectivity index (χ1v) is 5.07. The van der Waals surface area contributed by atoms with Crippen molar-refractivity contribution in [3.8, 4) is 0 Å². The number of hydrogen-bond donors (Lipinski definition) is 2. The second-order valence-electron chi connectivity index (χ2n) is 4.47. The lowest BCUT2D eigenvalue weighted by Crippen LogP contribution is -2.27. The summed E-state index contributed by atoms with van der Waals surface area (Å²) in [5, 5.41) is 8.47. The Morgan fingerprint density at radius 1 is 1.44 bits per heavy atom. The highest BCUT2D eigenvalue weighted by Gasteiger charge is 2.22. The quantitative estimate of drug-likeness (QED) is 0.416. The Morgan fingerprint density at radius 3 is 2.44 bits per heavy atom. The van der Waals surface area contributed by atoms with E-state index in [1.807, 2.05) is 0 Å². The summed E-state index contributed by atoms with van der Waals surface area (Å²) in [7, 11) is 0. The number of hydrogen-bond acceptors (Lipinski definition) is 4. The average molecular weight is 229 g/mol. The molecule has 0 saturated heterocycles. The van der Waals surface area contributed by atoms with Gasteiger partial charge in [-0.25, -0.2) is 0 Å². The number of carbonyl (C=O) groups is 2. The maximum atomic E-state index is 11.3. The fraction of sp³-hybridized carbons (Fsp3) is 0.636. The second-order valence-corrected chi connectivity index (χ2v) is 4.47. The number of carbonyl (C=O) groups excluding carboxylic acids is 1. The lowest BCUT2D eigenvalue weighted by atomic mass is 9.97. The zero-order valence-corrected chi connectivity index (χ0v) is 9.90. The van der Waals surface area contributed by atoms with Crippen LogP contribution in [0.3, 0.4) is 0 Å². The third-order valence-corrected chi connectivity index (χ3v) is 1.76. The fourth-order valence-electron chi connectivity index (χ4n) is 0.761. The molecule has 0 saturated carbocycles. The van der Waals surface area contributed by atoms with Crippen LogP contribution >= 0.6 is 0 Å². The molecule has 0 spiro atoms. The van der Waals surface area contributed by atoms with Gasteiger partial charge in [-0.05, 0) is 27.2 Å². The predicted molar refractivity (Wildman–Crippen MR) is 59.8 cm³/mol. The molecule has 0 radical (unpaired) electrons. The Morgan fingerprint density at radius 2 is 2.00 bits per heavy atom. The summed E-state index contributed by atoms with van der Waals surface area (Å²) in [6.07, 6.45) is 3.42. The molecule has 5 nitrogen and oxygen atoms in total. The Balaban J connectivity index is 3.77. The molecule has 0 rings (SSSR count). The minimum atomic E-state index is -1.08. The van der Waals surface area contributed by atoms with Gasteiger partial charge in [0.05, 0.1) is 12.0 Å². The summed E-state index contributed by atoms with van der Waals surface area (Å²) in [6, 6.07) is -1.00. The highest BCUT2D eigenvalue weighted by atomic mass is 16.5. The third kappa shape index (κ3) is 6.19. The maximum Gasteiger partial charge on any atom is 0.324 e. The molecule has 0 aromatic carbocycles. The molecule has 0 bridgehead atoms. The minimum Gasteiger partial charge on any atom is -0.480 e. The Kier molecular flexibility index (Phi) is 5.74. The molecule has 16 heavy (non-hydrogen) atoms. The summed E-state index contributed by atoms with van der Waals surface area (Å²) in [5.74, 6) is -1.36. The lowest BCUT2D eigenvalue weighted by Gasteiger charge is -2.15. The highest BCUT2D eigenvalue weighted by Crippen LogP contribution is 2.14. The van der Waals surface area contributed by atoms with Gasteiger partial charge in [-0.1, -0.05) is 12.2 Å². The third-order valence-electron chi connectivity index (χ3n) is 1.76. The van der Waals surface area contributed by atoms with E-state index in [-0.39, 0.29) is 12.6 Å². The number of aliphatic carboxylic acids is 1. The van der Waals surface area contributed by atoms with Crippen molar-refractivity contribution < 1.29 is 19.4 Å². The van der Waals surface area contributed by atoms with E-state index in [1.165, 1.54) is 6.08 Å². The van der Waals surface area contributed by atoms with Gasteiger partial charge in [0.1, 0.15) is 6.04 Å². The van der Waals surface area contributed by atoms with Crippen molar-refractivity contribution in [2.75, 3.05) is 6.61 Å². The van der Waals surface area contributed by atoms with Crippen molar-refractivity contribution in [3.05, 3.63) is 12.2 Å². The molecular formula is C11H19NO4. The van der Waals surface area contributed by atoms with Gasteiger partial charge in [0, 0.05) is 0 Å². The van der Waals surface area contributed by atoms with Crippen molar-refractivity contribution >= 4 is 11.9 Å². The molecule has 0 amide bonds. The van der Waals surface area contributed by atoms with E-state index < -0.39 is 17.4 Å². The van der Waals surface area contributed by atoms with Crippen LogP contribution in [-0.4, -0.2) is 29.7 Å². The summed E-state index contributed by atoms with van der Waals surface area (Å²) in [4.78, 5) is 21.6. The number of esters is 1. The van der Waals surface area contributed by atoms with Crippen LogP contribution < -0.4 is 5.73 Å². The minimum absolute atomic E-state index is 0.235. The summed E-state index contributed by atoms with van der Waals surface area (Å²) in [5.41, 5.74) is 4.72. The normalized spacial score (nSPS) is 13.8. The van der Waals surface area contributed by atoms with Crippen molar-refractivity contribution in [2.45, 2.75) is 33.2 Å². The predicted octanol–water partition coefficient (Wildman–Crippen LogP) is 0.934. The lowest BCUT2D eigenvalue weighted by molar-refractivity contribution is -0.152. The van der Waals surface area contributed by atoms with Crippen molar-refractivity contribution in [1.29, 1.82) is 0 Å². The molecule has 0 aromatic heterocycles. The Bertz CT molecular complexity index is 278. The van der Waals surface area contributed by atoms with E-state index in [4.69, 9.17) is 15.6 Å². The molecule has 0 aliphatic heterocycles. The number of ether oxygens (including phenoxy) is 1. The second kappa shape index (κ2) is 6.27. The largest absolute Gasteiger partial charge is 0.480 e. The molecule has 0 aromatic rings. The van der Waals surface area contributed by atoms with Gasteiger partial charge in [0.2, 0.25) is 0 Å². The molecule has 1 atom stereocenters. The molecule has 0 heterocycles. The number of carboxylic acid groups (broad SMARTS) is 1. The van der Waals surface area contributed by atoms with Crippen LogP contribution in [0.5, 0.6) is 0 Å². The van der Waals surface area contributed by atoms with Gasteiger partial charge in [0.25, 0.3) is 0 Å². The Labute approximate surface area is 95.3 Å². The Hall–Kier alpha value is -1.36. The van der Waals surface area contributed by atoms with Crippen LogP contribution in [0.25, 0.3) is 0 Å². The van der Waals surface area contributed by atoms with Gasteiger partial charge in [-0.2, -0.15) is 0 Å². The van der Waals surface area contributed by atoms with E-state index in [2.05, 4.69) is 0 Å². The summed E-state index contributed by atoms with van der Waals surface area (Å²) >= 11 is 0. The molecule has 1 unspecified atom stereocenters. The fourth-order valence-corrected chi connectivity index (χ4v) is 0.761. The number of carboxylic acids is 1. The molecule has 92 valence electrons. The molecule has 0 aliphatic carbocycles. The zero-order valence-electron chi connectivity index (χ0n) is 9.90. The maximum absolute atomic E-state index is 11.3. The van der Waals surface area contributed by atoms with E-state index in [0.717, 1.165) is 0 Å². The van der Waals surface area contributed by atoms with E-state index in [1.54, 1.807) is 26.8 Å². The van der Waals surface area contributed by atoms with E-state index in [0.29, 0.717) is 6.42 Å². The molecule has 5 heteroatoms. The van der Waals surface area contributed by atoms with E-state index >= 15 is 0 Å². The number of rotatable bonds is 5. The van der Waals surface area contributed by atoms with Crippen LogP contribution in [0, 0.1) is 5.41 Å². The molecule has 0 fully saturated rings. The first kappa shape index (κ1) is 14.6. The monoisotopic (exact) mass is 229 g/mol.